The van der Waals surface area contributed by atoms with E-state index in [2.05, 4.69) is 0 Å². The Kier molecular flexibility index (Phi) is 7.52. The molecule has 7 nitrogen and oxygen atoms in total. The Morgan fingerprint density at radius 3 is 1.89 bits per heavy atom. The van der Waals surface area contributed by atoms with Gasteiger partial charge in [0.25, 0.3) is 11.8 Å². The molecule has 3 aromatic rings. The molecular weight excluding hydrogens is 465 g/mol. The van der Waals surface area contributed by atoms with Crippen LogP contribution in [0.1, 0.15) is 59.9 Å². The maximum Gasteiger partial charge on any atom is 0.310 e. The summed E-state index contributed by atoms with van der Waals surface area (Å²) in [6.45, 7) is 6.45. The molecule has 2 amide bonds. The average molecular weight is 494 g/mol. The molecule has 0 atom stereocenters. The molecule has 0 radical (unpaired) electrons. The highest BCUT2D eigenvalue weighted by Crippen LogP contribution is 2.46. The quantitative estimate of drug-likeness (QED) is 0.275. The predicted octanol–water partition coefficient (Wildman–Crippen LogP) is 5.46. The van der Waals surface area contributed by atoms with E-state index in [1.165, 1.54) is 12.1 Å². The number of rotatable bonds is 10. The van der Waals surface area contributed by atoms with Crippen molar-refractivity contribution >= 4 is 34.2 Å². The minimum atomic E-state index is -0.716. The van der Waals surface area contributed by atoms with Crippen LogP contribution in [0.3, 0.4) is 0 Å². The van der Waals surface area contributed by atoms with Gasteiger partial charge in [0.05, 0.1) is 43.1 Å². The van der Waals surface area contributed by atoms with E-state index < -0.39 is 23.6 Å². The molecule has 4 rings (SSSR count). The summed E-state index contributed by atoms with van der Waals surface area (Å²) < 4.78 is 31.8. The first kappa shape index (κ1) is 25.2. The zero-order chi connectivity index (χ0) is 25.8. The molecule has 0 saturated heterocycles. The maximum atomic E-state index is 14.9. The first-order valence-corrected chi connectivity index (χ1v) is 12.1. The second kappa shape index (κ2) is 10.8. The van der Waals surface area contributed by atoms with Crippen LogP contribution in [0, 0.1) is 5.82 Å². The fraction of sp³-hybridized carbons (Fsp3) is 0.321. The number of hydrogen-bond acceptors (Lipinski definition) is 6. The van der Waals surface area contributed by atoms with Crippen molar-refractivity contribution in [2.75, 3.05) is 24.7 Å². The van der Waals surface area contributed by atoms with Crippen molar-refractivity contribution in [3.63, 3.8) is 0 Å². The molecular formula is C28H28FNO6. The van der Waals surface area contributed by atoms with E-state index in [1.54, 1.807) is 6.92 Å². The molecule has 0 unspecified atom stereocenters. The molecule has 1 aliphatic heterocycles. The Morgan fingerprint density at radius 2 is 1.42 bits per heavy atom. The first-order valence-electron chi connectivity index (χ1n) is 12.1. The Labute approximate surface area is 208 Å². The number of benzene rings is 3. The molecule has 0 bridgehead atoms. The van der Waals surface area contributed by atoms with Gasteiger partial charge in [-0.05, 0) is 37.5 Å². The molecule has 0 N–H and O–H groups in total. The summed E-state index contributed by atoms with van der Waals surface area (Å²) in [6, 6.07) is 11.2. The Morgan fingerprint density at radius 1 is 0.861 bits per heavy atom. The van der Waals surface area contributed by atoms with Gasteiger partial charge >= 0.3 is 5.97 Å². The first-order chi connectivity index (χ1) is 17.4. The summed E-state index contributed by atoms with van der Waals surface area (Å²) in [5.41, 5.74) is 0.375. The van der Waals surface area contributed by atoms with Crippen molar-refractivity contribution in [1.82, 2.24) is 0 Å². The minimum Gasteiger partial charge on any atom is -0.492 e. The third kappa shape index (κ3) is 4.51. The molecule has 0 fully saturated rings. The molecule has 1 aliphatic rings. The summed E-state index contributed by atoms with van der Waals surface area (Å²) in [6.07, 6.45) is 1.16. The fourth-order valence-corrected chi connectivity index (χ4v) is 4.23. The monoisotopic (exact) mass is 493 g/mol. The molecule has 36 heavy (non-hydrogen) atoms. The van der Waals surface area contributed by atoms with Gasteiger partial charge in [0, 0.05) is 10.8 Å². The zero-order valence-electron chi connectivity index (χ0n) is 20.6. The molecule has 0 aromatic heterocycles. The topological polar surface area (TPSA) is 82.1 Å². The molecule has 0 saturated carbocycles. The summed E-state index contributed by atoms with van der Waals surface area (Å²) in [7, 11) is 0. The number of anilines is 1. The lowest BCUT2D eigenvalue weighted by Gasteiger charge is -2.16. The van der Waals surface area contributed by atoms with E-state index in [9.17, 15) is 18.8 Å². The maximum absolute atomic E-state index is 14.9. The van der Waals surface area contributed by atoms with Crippen LogP contribution in [0.2, 0.25) is 0 Å². The molecule has 0 spiro atoms. The molecule has 8 heteroatoms. The van der Waals surface area contributed by atoms with Crippen molar-refractivity contribution in [2.45, 2.75) is 40.0 Å². The highest BCUT2D eigenvalue weighted by atomic mass is 19.1. The number of nitrogens with zero attached hydrogens (tertiary/aromatic N) is 1. The number of imide groups is 1. The summed E-state index contributed by atoms with van der Waals surface area (Å²) in [5.74, 6) is -1.89. The lowest BCUT2D eigenvalue weighted by molar-refractivity contribution is -0.142. The van der Waals surface area contributed by atoms with Crippen LogP contribution in [0.5, 0.6) is 11.5 Å². The van der Waals surface area contributed by atoms with Crippen molar-refractivity contribution in [3.05, 3.63) is 65.0 Å². The van der Waals surface area contributed by atoms with Crippen LogP contribution >= 0.6 is 0 Å². The number of carbonyl (C=O) groups is 3. The van der Waals surface area contributed by atoms with Crippen LogP contribution in [-0.2, 0) is 16.0 Å². The molecule has 188 valence electrons. The smallest absolute Gasteiger partial charge is 0.310 e. The van der Waals surface area contributed by atoms with E-state index in [4.69, 9.17) is 14.2 Å². The largest absolute Gasteiger partial charge is 0.492 e. The van der Waals surface area contributed by atoms with Crippen LogP contribution in [-0.4, -0.2) is 37.6 Å². The van der Waals surface area contributed by atoms with Gasteiger partial charge in [0.15, 0.2) is 0 Å². The minimum absolute atomic E-state index is 0.0539. The lowest BCUT2D eigenvalue weighted by Crippen LogP contribution is -2.29. The summed E-state index contributed by atoms with van der Waals surface area (Å²) >= 11 is 0. The van der Waals surface area contributed by atoms with E-state index in [-0.39, 0.29) is 35.4 Å². The highest BCUT2D eigenvalue weighted by Gasteiger charge is 2.43. The summed E-state index contributed by atoms with van der Waals surface area (Å²) in [5, 5.41) is 1.32. The Hall–Kier alpha value is -3.94. The SMILES string of the molecule is CCCOc1c2c(c(OCCC)c3ccccc13)C(=O)N(c1ccc(CC(=O)OCC)c(F)c1)C2=O. The zero-order valence-corrected chi connectivity index (χ0v) is 20.6. The highest BCUT2D eigenvalue weighted by molar-refractivity contribution is 6.38. The molecule has 0 aliphatic carbocycles. The van der Waals surface area contributed by atoms with Gasteiger partial charge in [0.1, 0.15) is 17.3 Å². The van der Waals surface area contributed by atoms with Gasteiger partial charge in [-0.2, -0.15) is 0 Å². The van der Waals surface area contributed by atoms with Crippen LogP contribution in [0.15, 0.2) is 42.5 Å². The normalized spacial score (nSPS) is 12.7. The third-order valence-corrected chi connectivity index (χ3v) is 5.79. The number of halogens is 1. The average Bonchev–Trinajstić information content (AvgIpc) is 3.12. The second-order valence-corrected chi connectivity index (χ2v) is 8.35. The van der Waals surface area contributed by atoms with E-state index >= 15 is 0 Å². The van der Waals surface area contributed by atoms with Crippen molar-refractivity contribution in [1.29, 1.82) is 0 Å². The van der Waals surface area contributed by atoms with Crippen LogP contribution in [0.4, 0.5) is 10.1 Å². The number of esters is 1. The van der Waals surface area contributed by atoms with Crippen molar-refractivity contribution in [2.24, 2.45) is 0 Å². The van der Waals surface area contributed by atoms with Gasteiger partial charge in [-0.3, -0.25) is 14.4 Å². The van der Waals surface area contributed by atoms with E-state index in [0.29, 0.717) is 48.3 Å². The van der Waals surface area contributed by atoms with E-state index in [0.717, 1.165) is 11.0 Å². The number of ether oxygens (including phenoxy) is 3. The molecule has 3 aromatic carbocycles. The van der Waals surface area contributed by atoms with Gasteiger partial charge < -0.3 is 14.2 Å². The van der Waals surface area contributed by atoms with Crippen molar-refractivity contribution < 1.29 is 33.0 Å². The Bertz CT molecular complexity index is 1270. The molecule has 1 heterocycles. The lowest BCUT2D eigenvalue weighted by atomic mass is 9.99. The Balaban J connectivity index is 1.84. The van der Waals surface area contributed by atoms with Gasteiger partial charge in [-0.1, -0.05) is 44.2 Å². The van der Waals surface area contributed by atoms with Gasteiger partial charge in [-0.15, -0.1) is 0 Å². The number of fused-ring (bicyclic) bond motifs is 2. The van der Waals surface area contributed by atoms with Crippen LogP contribution < -0.4 is 14.4 Å². The standard InChI is InChI=1S/C28H28FNO6/c1-4-13-35-25-19-9-7-8-10-20(19)26(36-14-5-2)24-23(25)27(32)30(28(24)33)18-12-11-17(21(29)16-18)15-22(31)34-6-3/h7-12,16H,4-6,13-15H2,1-3H3. The van der Waals surface area contributed by atoms with Crippen molar-refractivity contribution in [3.8, 4) is 11.5 Å². The summed E-state index contributed by atoms with van der Waals surface area (Å²) in [4.78, 5) is 40.1. The third-order valence-electron chi connectivity index (χ3n) is 5.79. The van der Waals surface area contributed by atoms with Crippen LogP contribution in [0.25, 0.3) is 10.8 Å². The van der Waals surface area contributed by atoms with Gasteiger partial charge in [-0.25, -0.2) is 9.29 Å². The van der Waals surface area contributed by atoms with Gasteiger partial charge in [0.2, 0.25) is 0 Å². The fourth-order valence-electron chi connectivity index (χ4n) is 4.23. The number of hydrogen-bond donors (Lipinski definition) is 0. The predicted molar refractivity (Wildman–Crippen MR) is 133 cm³/mol. The van der Waals surface area contributed by atoms with E-state index in [1.807, 2.05) is 38.1 Å². The number of amides is 2. The second-order valence-electron chi connectivity index (χ2n) is 8.35. The number of carbonyl (C=O) groups excluding carboxylic acids is 3.